The number of aryl methyl sites for hydroxylation is 1. The maximum Gasteiger partial charge on any atom is 0.228 e. The monoisotopic (exact) mass is 282 g/mol. The Morgan fingerprint density at radius 3 is 2.42 bits per heavy atom. The van der Waals surface area contributed by atoms with E-state index in [1.165, 1.54) is 35.6 Å². The van der Waals surface area contributed by atoms with Crippen LogP contribution >= 0.6 is 22.6 Å². The average Bonchev–Trinajstić information content (AvgIpc) is 1.97. The molecule has 1 aromatic carbocycles. The molecule has 0 heterocycles. The van der Waals surface area contributed by atoms with Crippen molar-refractivity contribution in [3.63, 3.8) is 0 Å². The second kappa shape index (κ2) is 3.47. The lowest BCUT2D eigenvalue weighted by Gasteiger charge is -2.01. The predicted molar refractivity (Wildman–Crippen MR) is 49.4 cm³/mol. The molecule has 1 nitrogen and oxygen atoms in total. The molecular formula is C8H5F2IO. The van der Waals surface area contributed by atoms with Crippen LogP contribution in [0.5, 0.6) is 0 Å². The fourth-order valence-corrected chi connectivity index (χ4v) is 1.33. The van der Waals surface area contributed by atoms with E-state index >= 15 is 0 Å². The van der Waals surface area contributed by atoms with Gasteiger partial charge in [-0.2, -0.15) is 0 Å². The lowest BCUT2D eigenvalue weighted by Crippen LogP contribution is -2.00. The Kier molecular flexibility index (Phi) is 2.76. The van der Waals surface area contributed by atoms with Gasteiger partial charge in [-0.3, -0.25) is 4.79 Å². The first-order valence-corrected chi connectivity index (χ1v) is 4.26. The number of carbonyl (C=O) groups is 1. The minimum Gasteiger partial charge on any atom is -0.282 e. The van der Waals surface area contributed by atoms with Gasteiger partial charge in [0.1, 0.15) is 11.6 Å². The summed E-state index contributed by atoms with van der Waals surface area (Å²) >= 11 is 1.36. The van der Waals surface area contributed by atoms with E-state index in [1.807, 2.05) is 0 Å². The highest BCUT2D eigenvalue weighted by atomic mass is 127. The zero-order valence-corrected chi connectivity index (χ0v) is 8.35. The van der Waals surface area contributed by atoms with Crippen LogP contribution in [-0.2, 0) is 0 Å². The number of benzene rings is 1. The van der Waals surface area contributed by atoms with Crippen LogP contribution in [0.25, 0.3) is 0 Å². The molecule has 0 aliphatic heterocycles. The highest BCUT2D eigenvalue weighted by molar-refractivity contribution is 14.1. The first-order valence-electron chi connectivity index (χ1n) is 3.18. The molecule has 0 bridgehead atoms. The largest absolute Gasteiger partial charge is 0.282 e. The molecule has 0 saturated carbocycles. The van der Waals surface area contributed by atoms with E-state index in [4.69, 9.17) is 0 Å². The molecule has 0 aromatic heterocycles. The lowest BCUT2D eigenvalue weighted by molar-refractivity contribution is 0.109. The number of hydrogen-bond acceptors (Lipinski definition) is 1. The summed E-state index contributed by atoms with van der Waals surface area (Å²) < 4.78 is 25.2. The van der Waals surface area contributed by atoms with Crippen molar-refractivity contribution in [1.82, 2.24) is 0 Å². The quantitative estimate of drug-likeness (QED) is 0.572. The zero-order chi connectivity index (χ0) is 9.30. The Hall–Kier alpha value is -0.520. The van der Waals surface area contributed by atoms with Crippen molar-refractivity contribution in [3.05, 3.63) is 34.9 Å². The molecule has 0 saturated heterocycles. The third kappa shape index (κ3) is 1.63. The van der Waals surface area contributed by atoms with Crippen molar-refractivity contribution in [1.29, 1.82) is 0 Å². The van der Waals surface area contributed by atoms with Crippen molar-refractivity contribution in [3.8, 4) is 0 Å². The van der Waals surface area contributed by atoms with Gasteiger partial charge in [-0.15, -0.1) is 0 Å². The first kappa shape index (κ1) is 9.57. The molecule has 64 valence electrons. The zero-order valence-electron chi connectivity index (χ0n) is 6.20. The summed E-state index contributed by atoms with van der Waals surface area (Å²) in [6, 6.07) is 2.39. The first-order chi connectivity index (χ1) is 5.54. The van der Waals surface area contributed by atoms with Crippen LogP contribution in [0, 0.1) is 18.6 Å². The summed E-state index contributed by atoms with van der Waals surface area (Å²) in [6.45, 7) is 1.48. The molecule has 0 spiro atoms. The van der Waals surface area contributed by atoms with E-state index in [0.29, 0.717) is 0 Å². The van der Waals surface area contributed by atoms with E-state index in [1.54, 1.807) is 0 Å². The van der Waals surface area contributed by atoms with E-state index in [9.17, 15) is 13.6 Å². The Balaban J connectivity index is 3.43. The van der Waals surface area contributed by atoms with Gasteiger partial charge in [-0.05, 0) is 18.6 Å². The summed E-state index contributed by atoms with van der Waals surface area (Å²) in [6.07, 6.45) is 0. The standard InChI is InChI=1S/C8H5F2IO/c1-4-2-3-5(9)6(7(4)10)8(11)12/h2-3H,1H3. The molecule has 0 fully saturated rings. The van der Waals surface area contributed by atoms with Gasteiger partial charge in [-0.1, -0.05) is 6.07 Å². The molecule has 0 unspecified atom stereocenters. The fraction of sp³-hybridized carbons (Fsp3) is 0.125. The SMILES string of the molecule is Cc1ccc(F)c(C(=O)I)c1F. The van der Waals surface area contributed by atoms with E-state index < -0.39 is 21.0 Å². The van der Waals surface area contributed by atoms with Gasteiger partial charge in [0.25, 0.3) is 0 Å². The minimum atomic E-state index is -0.808. The van der Waals surface area contributed by atoms with Crippen molar-refractivity contribution in [2.24, 2.45) is 0 Å². The summed E-state index contributed by atoms with van der Waals surface area (Å²) in [5.74, 6) is -1.58. The van der Waals surface area contributed by atoms with Crippen LogP contribution in [0.2, 0.25) is 0 Å². The summed E-state index contributed by atoms with van der Waals surface area (Å²) in [5.41, 5.74) is -0.188. The summed E-state index contributed by atoms with van der Waals surface area (Å²) in [5, 5.41) is 0. The molecule has 0 aliphatic carbocycles. The Morgan fingerprint density at radius 2 is 2.00 bits per heavy atom. The molecule has 0 amide bonds. The Morgan fingerprint density at radius 1 is 1.42 bits per heavy atom. The predicted octanol–water partition coefficient (Wildman–Crippen LogP) is 2.85. The molecular weight excluding hydrogens is 277 g/mol. The molecule has 12 heavy (non-hydrogen) atoms. The van der Waals surface area contributed by atoms with Crippen LogP contribution in [0.15, 0.2) is 12.1 Å². The van der Waals surface area contributed by atoms with Crippen molar-refractivity contribution in [2.75, 3.05) is 0 Å². The van der Waals surface area contributed by atoms with Crippen LogP contribution in [0.3, 0.4) is 0 Å². The summed E-state index contributed by atoms with van der Waals surface area (Å²) in [4.78, 5) is 10.7. The topological polar surface area (TPSA) is 17.1 Å². The van der Waals surface area contributed by atoms with Gasteiger partial charge in [0.15, 0.2) is 0 Å². The third-order valence-corrected chi connectivity index (χ3v) is 2.02. The number of carbonyl (C=O) groups excluding carboxylic acids is 1. The van der Waals surface area contributed by atoms with E-state index in [-0.39, 0.29) is 5.56 Å². The van der Waals surface area contributed by atoms with E-state index in [0.717, 1.165) is 6.07 Å². The number of hydrogen-bond donors (Lipinski definition) is 0. The second-order valence-corrected chi connectivity index (χ2v) is 3.31. The molecule has 0 N–H and O–H groups in total. The maximum absolute atomic E-state index is 13.0. The molecule has 0 radical (unpaired) electrons. The molecule has 1 rings (SSSR count). The van der Waals surface area contributed by atoms with Crippen LogP contribution in [0.1, 0.15) is 15.9 Å². The van der Waals surface area contributed by atoms with Crippen LogP contribution in [-0.4, -0.2) is 3.79 Å². The Labute approximate surface area is 81.9 Å². The molecule has 0 atom stereocenters. The smallest absolute Gasteiger partial charge is 0.228 e. The number of halogens is 3. The van der Waals surface area contributed by atoms with Gasteiger partial charge >= 0.3 is 0 Å². The molecule has 1 aromatic rings. The average molecular weight is 282 g/mol. The van der Waals surface area contributed by atoms with E-state index in [2.05, 4.69) is 0 Å². The Bertz CT molecular complexity index is 336. The highest BCUT2D eigenvalue weighted by Crippen LogP contribution is 2.18. The van der Waals surface area contributed by atoms with Crippen LogP contribution in [0.4, 0.5) is 8.78 Å². The highest BCUT2D eigenvalue weighted by Gasteiger charge is 2.15. The molecule has 4 heteroatoms. The summed E-state index contributed by atoms with van der Waals surface area (Å²) in [7, 11) is 0. The minimum absolute atomic E-state index is 0.274. The van der Waals surface area contributed by atoms with Crippen molar-refractivity contribution < 1.29 is 13.6 Å². The third-order valence-electron chi connectivity index (χ3n) is 1.48. The number of rotatable bonds is 1. The maximum atomic E-state index is 13.0. The van der Waals surface area contributed by atoms with Gasteiger partial charge in [0, 0.05) is 22.6 Å². The van der Waals surface area contributed by atoms with Gasteiger partial charge in [0.05, 0.1) is 5.56 Å². The normalized spacial score (nSPS) is 10.0. The van der Waals surface area contributed by atoms with Crippen molar-refractivity contribution >= 4 is 26.4 Å². The second-order valence-electron chi connectivity index (χ2n) is 2.33. The molecule has 0 aliphatic rings. The van der Waals surface area contributed by atoms with Gasteiger partial charge < -0.3 is 0 Å². The fourth-order valence-electron chi connectivity index (χ4n) is 0.837. The lowest BCUT2D eigenvalue weighted by atomic mass is 10.1. The van der Waals surface area contributed by atoms with Gasteiger partial charge in [0.2, 0.25) is 3.79 Å². The van der Waals surface area contributed by atoms with Gasteiger partial charge in [-0.25, -0.2) is 8.78 Å². The van der Waals surface area contributed by atoms with Crippen molar-refractivity contribution in [2.45, 2.75) is 6.92 Å². The van der Waals surface area contributed by atoms with Crippen LogP contribution < -0.4 is 0 Å².